The predicted octanol–water partition coefficient (Wildman–Crippen LogP) is 5.44. The molecule has 0 radical (unpaired) electrons. The third-order valence-corrected chi connectivity index (χ3v) is 5.41. The number of hydrogen-bond donors (Lipinski definition) is 2. The predicted molar refractivity (Wildman–Crippen MR) is 119 cm³/mol. The fourth-order valence-electron chi connectivity index (χ4n) is 2.66. The summed E-state index contributed by atoms with van der Waals surface area (Å²) in [6.45, 7) is 3.73. The normalized spacial score (nSPS) is 10.8. The number of thiazole rings is 1. The zero-order valence-corrected chi connectivity index (χ0v) is 18.2. The Morgan fingerprint density at radius 3 is 2.62 bits per heavy atom. The van der Waals surface area contributed by atoms with Gasteiger partial charge in [-0.1, -0.05) is 41.4 Å². The number of anilines is 1. The van der Waals surface area contributed by atoms with Crippen LogP contribution >= 0.6 is 34.5 Å². The van der Waals surface area contributed by atoms with Crippen molar-refractivity contribution >= 4 is 52.0 Å². The lowest BCUT2D eigenvalue weighted by atomic mass is 10.1. The Bertz CT molecular complexity index is 1050. The second kappa shape index (κ2) is 9.39. The number of hydrogen-bond acceptors (Lipinski definition) is 4. The number of amides is 2. The van der Waals surface area contributed by atoms with Crippen LogP contribution in [-0.4, -0.2) is 22.8 Å². The van der Waals surface area contributed by atoms with Gasteiger partial charge in [-0.3, -0.25) is 9.59 Å². The number of carbonyl (C=O) groups is 2. The van der Waals surface area contributed by atoms with Crippen LogP contribution in [0.5, 0.6) is 0 Å². The van der Waals surface area contributed by atoms with Crippen LogP contribution in [0, 0.1) is 0 Å². The van der Waals surface area contributed by atoms with Crippen LogP contribution in [0.15, 0.2) is 47.8 Å². The largest absolute Gasteiger partial charge is 0.350 e. The van der Waals surface area contributed by atoms with Gasteiger partial charge in [0.2, 0.25) is 5.91 Å². The highest BCUT2D eigenvalue weighted by molar-refractivity contribution is 7.13. The van der Waals surface area contributed by atoms with Gasteiger partial charge in [-0.25, -0.2) is 4.98 Å². The molecule has 0 aliphatic carbocycles. The minimum absolute atomic E-state index is 0.0278. The number of halogens is 2. The van der Waals surface area contributed by atoms with E-state index in [1.54, 1.807) is 24.3 Å². The van der Waals surface area contributed by atoms with Crippen LogP contribution < -0.4 is 10.6 Å². The molecule has 0 spiro atoms. The van der Waals surface area contributed by atoms with Gasteiger partial charge in [0.15, 0.2) is 0 Å². The summed E-state index contributed by atoms with van der Waals surface area (Å²) in [4.78, 5) is 29.5. The van der Waals surface area contributed by atoms with E-state index < -0.39 is 0 Å². The second-order valence-corrected chi connectivity index (χ2v) is 8.37. The monoisotopic (exact) mass is 447 g/mol. The van der Waals surface area contributed by atoms with Gasteiger partial charge < -0.3 is 10.6 Å². The molecule has 3 rings (SSSR count). The van der Waals surface area contributed by atoms with E-state index in [4.69, 9.17) is 23.2 Å². The molecule has 0 saturated carbocycles. The molecule has 8 heteroatoms. The molecule has 2 aromatic carbocycles. The van der Waals surface area contributed by atoms with Crippen LogP contribution in [0.1, 0.15) is 29.9 Å². The Hall–Kier alpha value is -2.41. The van der Waals surface area contributed by atoms with E-state index >= 15 is 0 Å². The van der Waals surface area contributed by atoms with Crippen molar-refractivity contribution in [3.63, 3.8) is 0 Å². The molecule has 0 fully saturated rings. The SMILES string of the molecule is CC(C)NC(=O)c1ccc(Cl)cc1NC(=O)Cc1csc(-c2ccccc2Cl)n1. The number of carbonyl (C=O) groups excluding carboxylic acids is 2. The molecule has 0 saturated heterocycles. The van der Waals surface area contributed by atoms with E-state index in [-0.39, 0.29) is 24.3 Å². The topological polar surface area (TPSA) is 71.1 Å². The highest BCUT2D eigenvalue weighted by atomic mass is 35.5. The summed E-state index contributed by atoms with van der Waals surface area (Å²) in [5.74, 6) is -0.566. The van der Waals surface area contributed by atoms with Crippen LogP contribution in [0.25, 0.3) is 10.6 Å². The standard InChI is InChI=1S/C21H19Cl2N3O2S/c1-12(2)24-20(28)16-8-7-13(22)9-18(16)26-19(27)10-14-11-29-21(25-14)15-5-3-4-6-17(15)23/h3-9,11-12H,10H2,1-2H3,(H,24,28)(H,26,27). The maximum absolute atomic E-state index is 12.6. The first-order valence-electron chi connectivity index (χ1n) is 8.93. The molecule has 5 nitrogen and oxygen atoms in total. The maximum atomic E-state index is 12.6. The highest BCUT2D eigenvalue weighted by Gasteiger charge is 2.16. The molecular weight excluding hydrogens is 429 g/mol. The fraction of sp³-hybridized carbons (Fsp3) is 0.190. The van der Waals surface area contributed by atoms with Crippen molar-refractivity contribution in [1.29, 1.82) is 0 Å². The Morgan fingerprint density at radius 2 is 1.90 bits per heavy atom. The van der Waals surface area contributed by atoms with Gasteiger partial charge in [0.1, 0.15) is 5.01 Å². The van der Waals surface area contributed by atoms with Gasteiger partial charge in [-0.2, -0.15) is 0 Å². The van der Waals surface area contributed by atoms with Gasteiger partial charge in [0.05, 0.1) is 28.4 Å². The van der Waals surface area contributed by atoms with Crippen molar-refractivity contribution in [2.75, 3.05) is 5.32 Å². The molecule has 0 aliphatic rings. The first-order valence-corrected chi connectivity index (χ1v) is 10.6. The number of benzene rings is 2. The molecule has 150 valence electrons. The molecule has 0 atom stereocenters. The molecule has 3 aromatic rings. The summed E-state index contributed by atoms with van der Waals surface area (Å²) in [7, 11) is 0. The quantitative estimate of drug-likeness (QED) is 0.528. The van der Waals surface area contributed by atoms with E-state index in [2.05, 4.69) is 15.6 Å². The summed E-state index contributed by atoms with van der Waals surface area (Å²) >= 11 is 13.7. The summed E-state index contributed by atoms with van der Waals surface area (Å²) in [6, 6.07) is 12.2. The lowest BCUT2D eigenvalue weighted by Gasteiger charge is -2.13. The molecule has 29 heavy (non-hydrogen) atoms. The number of aromatic nitrogens is 1. The molecule has 0 unspecified atom stereocenters. The summed E-state index contributed by atoms with van der Waals surface area (Å²) < 4.78 is 0. The lowest BCUT2D eigenvalue weighted by Crippen LogP contribution is -2.31. The van der Waals surface area contributed by atoms with Crippen LogP contribution in [0.2, 0.25) is 10.0 Å². The smallest absolute Gasteiger partial charge is 0.253 e. The van der Waals surface area contributed by atoms with E-state index in [9.17, 15) is 9.59 Å². The first kappa shape index (κ1) is 21.3. The minimum Gasteiger partial charge on any atom is -0.350 e. The number of nitrogens with one attached hydrogen (secondary N) is 2. The van der Waals surface area contributed by atoms with E-state index in [0.717, 1.165) is 10.6 Å². The maximum Gasteiger partial charge on any atom is 0.253 e. The first-order chi connectivity index (χ1) is 13.8. The molecule has 1 heterocycles. The minimum atomic E-state index is -0.290. The van der Waals surface area contributed by atoms with Crippen LogP contribution in [0.4, 0.5) is 5.69 Å². The Labute approximate surface area is 183 Å². The Kier molecular flexibility index (Phi) is 6.90. The summed E-state index contributed by atoms with van der Waals surface area (Å²) in [5, 5.41) is 9.19. The van der Waals surface area contributed by atoms with Crippen LogP contribution in [-0.2, 0) is 11.2 Å². The average Bonchev–Trinajstić information content (AvgIpc) is 3.09. The van der Waals surface area contributed by atoms with Crippen molar-refractivity contribution < 1.29 is 9.59 Å². The van der Waals surface area contributed by atoms with Crippen molar-refractivity contribution in [2.24, 2.45) is 0 Å². The summed E-state index contributed by atoms with van der Waals surface area (Å²) in [5.41, 5.74) is 2.17. The lowest BCUT2D eigenvalue weighted by molar-refractivity contribution is -0.115. The Morgan fingerprint density at radius 1 is 1.14 bits per heavy atom. The number of nitrogens with zero attached hydrogens (tertiary/aromatic N) is 1. The number of rotatable bonds is 6. The molecule has 2 amide bonds. The van der Waals surface area contributed by atoms with Crippen molar-refractivity contribution in [1.82, 2.24) is 10.3 Å². The van der Waals surface area contributed by atoms with Crippen molar-refractivity contribution in [3.05, 3.63) is 69.1 Å². The van der Waals surface area contributed by atoms with Gasteiger partial charge in [-0.05, 0) is 38.1 Å². The Balaban J connectivity index is 1.74. The van der Waals surface area contributed by atoms with Crippen molar-refractivity contribution in [3.8, 4) is 10.6 Å². The zero-order valence-electron chi connectivity index (χ0n) is 15.8. The van der Waals surface area contributed by atoms with Crippen LogP contribution in [0.3, 0.4) is 0 Å². The van der Waals surface area contributed by atoms with Gasteiger partial charge in [0.25, 0.3) is 5.91 Å². The second-order valence-electron chi connectivity index (χ2n) is 6.67. The molecule has 0 aliphatic heterocycles. The van der Waals surface area contributed by atoms with Gasteiger partial charge >= 0.3 is 0 Å². The van der Waals surface area contributed by atoms with Crippen molar-refractivity contribution in [2.45, 2.75) is 26.3 Å². The summed E-state index contributed by atoms with van der Waals surface area (Å²) in [6.07, 6.45) is 0.0682. The van der Waals surface area contributed by atoms with E-state index in [1.165, 1.54) is 11.3 Å². The average molecular weight is 448 g/mol. The molecule has 1 aromatic heterocycles. The van der Waals surface area contributed by atoms with E-state index in [1.807, 2.05) is 37.4 Å². The van der Waals surface area contributed by atoms with E-state index in [0.29, 0.717) is 27.0 Å². The third-order valence-electron chi connectivity index (χ3n) is 3.92. The molecular formula is C21H19Cl2N3O2S. The molecule has 0 bridgehead atoms. The molecule has 2 N–H and O–H groups in total. The third kappa shape index (κ3) is 5.56. The van der Waals surface area contributed by atoms with Gasteiger partial charge in [0, 0.05) is 22.0 Å². The zero-order chi connectivity index (χ0) is 21.0. The fourth-order valence-corrected chi connectivity index (χ4v) is 3.98. The highest BCUT2D eigenvalue weighted by Crippen LogP contribution is 2.30. The van der Waals surface area contributed by atoms with Gasteiger partial charge in [-0.15, -0.1) is 11.3 Å².